The highest BCUT2D eigenvalue weighted by molar-refractivity contribution is 6.00. The van der Waals surface area contributed by atoms with Gasteiger partial charge in [-0.05, 0) is 42.8 Å². The molecule has 7 nitrogen and oxygen atoms in total. The molecule has 0 atom stereocenters. The molecule has 1 N–H and O–H groups in total. The molecule has 0 fully saturated rings. The number of aliphatic imine (C=N–C) groups is 1. The van der Waals surface area contributed by atoms with Gasteiger partial charge in [-0.25, -0.2) is 0 Å². The molecule has 1 aromatic carbocycles. The van der Waals surface area contributed by atoms with Crippen molar-refractivity contribution in [1.29, 1.82) is 0 Å². The third-order valence-corrected chi connectivity index (χ3v) is 2.93. The van der Waals surface area contributed by atoms with Crippen LogP contribution in [0.1, 0.15) is 21.7 Å². The van der Waals surface area contributed by atoms with E-state index < -0.39 is 4.92 Å². The van der Waals surface area contributed by atoms with Gasteiger partial charge in [0.2, 0.25) is 0 Å². The molecule has 0 spiro atoms. The van der Waals surface area contributed by atoms with Crippen LogP contribution in [0.5, 0.6) is 5.75 Å². The van der Waals surface area contributed by atoms with E-state index in [1.165, 1.54) is 36.6 Å². The van der Waals surface area contributed by atoms with Crippen LogP contribution in [0.3, 0.4) is 0 Å². The first-order chi connectivity index (χ1) is 11.0. The van der Waals surface area contributed by atoms with Gasteiger partial charge in [0, 0.05) is 6.21 Å². The average molecular weight is 314 g/mol. The molecule has 0 bridgehead atoms. The van der Waals surface area contributed by atoms with Crippen molar-refractivity contribution in [3.63, 3.8) is 0 Å². The second-order valence-corrected chi connectivity index (χ2v) is 4.73. The number of hydrogen-bond acceptors (Lipinski definition) is 6. The molecule has 0 unspecified atom stereocenters. The first-order valence-corrected chi connectivity index (χ1v) is 6.71. The summed E-state index contributed by atoms with van der Waals surface area (Å²) in [5.41, 5.74) is 1.08. The number of aromatic hydroxyl groups is 1. The third kappa shape index (κ3) is 4.37. The van der Waals surface area contributed by atoms with Gasteiger partial charge < -0.3 is 9.52 Å². The van der Waals surface area contributed by atoms with Crippen molar-refractivity contribution < 1.29 is 19.2 Å². The lowest BCUT2D eigenvalue weighted by Crippen LogP contribution is -2.03. The molecule has 1 heterocycles. The number of aryl methyl sites for hydroxylation is 1. The van der Waals surface area contributed by atoms with Gasteiger partial charge in [-0.1, -0.05) is 6.07 Å². The predicted octanol–water partition coefficient (Wildman–Crippen LogP) is 3.17. The fraction of sp³-hybridized carbons (Fsp3) is 0.125. The minimum absolute atomic E-state index is 0.0661. The molecule has 2 rings (SSSR count). The van der Waals surface area contributed by atoms with Gasteiger partial charge in [0.1, 0.15) is 23.0 Å². The molecule has 1 aromatic heterocycles. The normalized spacial score (nSPS) is 11.3. The van der Waals surface area contributed by atoms with Crippen molar-refractivity contribution in [2.24, 2.45) is 4.99 Å². The zero-order chi connectivity index (χ0) is 16.8. The Labute approximate surface area is 131 Å². The quantitative estimate of drug-likeness (QED) is 0.381. The van der Waals surface area contributed by atoms with Gasteiger partial charge in [0.25, 0.3) is 0 Å². The Balaban J connectivity index is 1.92. The molecule has 118 valence electrons. The second kappa shape index (κ2) is 7.17. The average Bonchev–Trinajstić information content (AvgIpc) is 2.95. The van der Waals surface area contributed by atoms with Gasteiger partial charge >= 0.3 is 5.88 Å². The smallest absolute Gasteiger partial charge is 0.433 e. The van der Waals surface area contributed by atoms with E-state index in [0.29, 0.717) is 5.76 Å². The van der Waals surface area contributed by atoms with E-state index in [1.807, 2.05) is 6.92 Å². The highest BCUT2D eigenvalue weighted by atomic mass is 16.6. The van der Waals surface area contributed by atoms with Crippen LogP contribution in [0.4, 0.5) is 5.88 Å². The number of nitro groups is 1. The van der Waals surface area contributed by atoms with Gasteiger partial charge in [0.05, 0.1) is 11.6 Å². The Bertz CT molecular complexity index is 790. The van der Waals surface area contributed by atoms with Gasteiger partial charge in [-0.3, -0.25) is 19.9 Å². The summed E-state index contributed by atoms with van der Waals surface area (Å²) in [7, 11) is 0. The summed E-state index contributed by atoms with van der Waals surface area (Å²) < 4.78 is 4.92. The number of carbonyl (C=O) groups excluding carboxylic acids is 1. The van der Waals surface area contributed by atoms with E-state index >= 15 is 0 Å². The maximum absolute atomic E-state index is 11.9. The summed E-state index contributed by atoms with van der Waals surface area (Å²) in [6.45, 7) is 1.70. The largest absolute Gasteiger partial charge is 0.507 e. The number of carbonyl (C=O) groups is 1. The van der Waals surface area contributed by atoms with E-state index in [4.69, 9.17) is 4.42 Å². The Morgan fingerprint density at radius 1 is 1.39 bits per heavy atom. The number of ketones is 1. The SMILES string of the molecule is Cc1ccc(C(=O)CN=C/C=C/c2ccc([N+](=O)[O-])o2)c(O)c1. The molecular weight excluding hydrogens is 300 g/mol. The summed E-state index contributed by atoms with van der Waals surface area (Å²) in [5.74, 6) is -0.401. The van der Waals surface area contributed by atoms with Crippen LogP contribution in [0.15, 0.2) is 45.8 Å². The second-order valence-electron chi connectivity index (χ2n) is 4.73. The van der Waals surface area contributed by atoms with Crippen LogP contribution in [-0.2, 0) is 0 Å². The van der Waals surface area contributed by atoms with Gasteiger partial charge in [-0.2, -0.15) is 0 Å². The number of hydrogen-bond donors (Lipinski definition) is 1. The highest BCUT2D eigenvalue weighted by Gasteiger charge is 2.10. The Kier molecular flexibility index (Phi) is 5.03. The van der Waals surface area contributed by atoms with Crippen LogP contribution >= 0.6 is 0 Å². The zero-order valence-electron chi connectivity index (χ0n) is 12.3. The molecule has 0 saturated heterocycles. The Morgan fingerprint density at radius 3 is 2.83 bits per heavy atom. The number of nitrogens with zero attached hydrogens (tertiary/aromatic N) is 2. The third-order valence-electron chi connectivity index (χ3n) is 2.93. The lowest BCUT2D eigenvalue weighted by Gasteiger charge is -2.02. The van der Waals surface area contributed by atoms with Crippen molar-refractivity contribution in [3.05, 3.63) is 63.4 Å². The molecule has 0 radical (unpaired) electrons. The van der Waals surface area contributed by atoms with E-state index in [0.717, 1.165) is 5.56 Å². The van der Waals surface area contributed by atoms with Crippen molar-refractivity contribution in [3.8, 4) is 5.75 Å². The Morgan fingerprint density at radius 2 is 2.17 bits per heavy atom. The molecule has 0 aliphatic heterocycles. The summed E-state index contributed by atoms with van der Waals surface area (Å²) >= 11 is 0. The molecule has 23 heavy (non-hydrogen) atoms. The number of phenols is 1. The van der Waals surface area contributed by atoms with Crippen molar-refractivity contribution in [2.75, 3.05) is 6.54 Å². The van der Waals surface area contributed by atoms with Gasteiger partial charge in [0.15, 0.2) is 5.78 Å². The number of phenolic OH excluding ortho intramolecular Hbond substituents is 1. The molecular formula is C16H14N2O5. The predicted molar refractivity (Wildman–Crippen MR) is 84.9 cm³/mol. The van der Waals surface area contributed by atoms with Crippen LogP contribution in [0, 0.1) is 17.0 Å². The zero-order valence-corrected chi connectivity index (χ0v) is 12.3. The topological polar surface area (TPSA) is 106 Å². The van der Waals surface area contributed by atoms with E-state index in [2.05, 4.69) is 4.99 Å². The maximum atomic E-state index is 11.9. The molecule has 0 aliphatic carbocycles. The highest BCUT2D eigenvalue weighted by Crippen LogP contribution is 2.19. The Hall–Kier alpha value is -3.22. The van der Waals surface area contributed by atoms with Crippen molar-refractivity contribution in [1.82, 2.24) is 0 Å². The lowest BCUT2D eigenvalue weighted by molar-refractivity contribution is -0.402. The lowest BCUT2D eigenvalue weighted by atomic mass is 10.1. The number of furan rings is 1. The van der Waals surface area contributed by atoms with E-state index in [-0.39, 0.29) is 29.5 Å². The first-order valence-electron chi connectivity index (χ1n) is 6.71. The summed E-state index contributed by atoms with van der Waals surface area (Å²) in [6, 6.07) is 7.51. The van der Waals surface area contributed by atoms with Crippen molar-refractivity contribution in [2.45, 2.75) is 6.92 Å². The summed E-state index contributed by atoms with van der Waals surface area (Å²) in [4.78, 5) is 25.6. The molecule has 0 aliphatic rings. The standard InChI is InChI=1S/C16H14N2O5/c1-11-4-6-13(14(19)9-11)15(20)10-17-8-2-3-12-5-7-16(23-12)18(21)22/h2-9,19H,10H2,1H3/b3-2+,17-8?. The maximum Gasteiger partial charge on any atom is 0.433 e. The summed E-state index contributed by atoms with van der Waals surface area (Å²) in [5, 5.41) is 20.2. The summed E-state index contributed by atoms with van der Waals surface area (Å²) in [6.07, 6.45) is 4.38. The molecule has 0 saturated carbocycles. The number of allylic oxidation sites excluding steroid dienone is 1. The first kappa shape index (κ1) is 16.2. The fourth-order valence-electron chi connectivity index (χ4n) is 1.83. The van der Waals surface area contributed by atoms with Gasteiger partial charge in [-0.15, -0.1) is 0 Å². The molecule has 7 heteroatoms. The van der Waals surface area contributed by atoms with Crippen LogP contribution in [0.25, 0.3) is 6.08 Å². The van der Waals surface area contributed by atoms with Crippen LogP contribution in [0.2, 0.25) is 0 Å². The minimum Gasteiger partial charge on any atom is -0.507 e. The van der Waals surface area contributed by atoms with Crippen molar-refractivity contribution >= 4 is 24.0 Å². The van der Waals surface area contributed by atoms with E-state index in [9.17, 15) is 20.0 Å². The molecule has 2 aromatic rings. The fourth-order valence-corrected chi connectivity index (χ4v) is 1.83. The number of benzene rings is 1. The number of Topliss-reactive ketones (excluding diaryl/α,β-unsaturated/α-hetero) is 1. The number of rotatable bonds is 6. The van der Waals surface area contributed by atoms with Crippen LogP contribution in [-0.4, -0.2) is 28.6 Å². The van der Waals surface area contributed by atoms with Crippen LogP contribution < -0.4 is 0 Å². The molecule has 0 amide bonds. The minimum atomic E-state index is -0.627. The monoisotopic (exact) mass is 314 g/mol. The van der Waals surface area contributed by atoms with E-state index in [1.54, 1.807) is 12.1 Å².